The van der Waals surface area contributed by atoms with Crippen LogP contribution in [0.25, 0.3) is 11.3 Å². The summed E-state index contributed by atoms with van der Waals surface area (Å²) in [7, 11) is 0. The van der Waals surface area contributed by atoms with Crippen molar-refractivity contribution in [2.45, 2.75) is 32.1 Å². The second-order valence-corrected chi connectivity index (χ2v) is 5.40. The van der Waals surface area contributed by atoms with Crippen LogP contribution in [0, 0.1) is 13.8 Å². The van der Waals surface area contributed by atoms with Crippen molar-refractivity contribution >= 4 is 0 Å². The van der Waals surface area contributed by atoms with E-state index < -0.39 is 0 Å². The summed E-state index contributed by atoms with van der Waals surface area (Å²) in [6.07, 6.45) is 3.94. The fourth-order valence-corrected chi connectivity index (χ4v) is 2.37. The van der Waals surface area contributed by atoms with E-state index in [4.69, 9.17) is 0 Å². The first-order valence-corrected chi connectivity index (χ1v) is 6.39. The number of benzene rings is 1. The lowest BCUT2D eigenvalue weighted by molar-refractivity contribution is 0.250. The molecule has 1 aromatic carbocycles. The highest BCUT2D eigenvalue weighted by Crippen LogP contribution is 2.46. The second kappa shape index (κ2) is 3.95. The van der Waals surface area contributed by atoms with Gasteiger partial charge in [-0.05, 0) is 38.3 Å². The number of nitrogens with zero attached hydrogens (tertiary/aromatic N) is 1. The molecule has 1 aliphatic carbocycles. The SMILES string of the molecule is Cc1ccc(C)c(-c2cnc(C3(CO)CC3)[nH]2)c1. The summed E-state index contributed by atoms with van der Waals surface area (Å²) < 4.78 is 0. The number of hydrogen-bond acceptors (Lipinski definition) is 2. The molecule has 0 aliphatic heterocycles. The Hall–Kier alpha value is -1.61. The summed E-state index contributed by atoms with van der Waals surface area (Å²) in [5, 5.41) is 9.43. The Morgan fingerprint density at radius 2 is 2.11 bits per heavy atom. The third-order valence-electron chi connectivity index (χ3n) is 3.92. The lowest BCUT2D eigenvalue weighted by Gasteiger charge is -2.08. The van der Waals surface area contributed by atoms with Gasteiger partial charge in [-0.15, -0.1) is 0 Å². The van der Waals surface area contributed by atoms with Crippen LogP contribution in [0.15, 0.2) is 24.4 Å². The molecule has 18 heavy (non-hydrogen) atoms. The first-order chi connectivity index (χ1) is 8.64. The second-order valence-electron chi connectivity index (χ2n) is 5.40. The topological polar surface area (TPSA) is 48.9 Å². The lowest BCUT2D eigenvalue weighted by Crippen LogP contribution is -2.13. The molecule has 0 bridgehead atoms. The van der Waals surface area contributed by atoms with E-state index in [0.717, 1.165) is 24.4 Å². The van der Waals surface area contributed by atoms with Gasteiger partial charge in [0.05, 0.1) is 23.9 Å². The highest BCUT2D eigenvalue weighted by Gasteiger charge is 2.46. The van der Waals surface area contributed by atoms with Crippen LogP contribution in [-0.2, 0) is 5.41 Å². The van der Waals surface area contributed by atoms with Crippen LogP contribution in [0.3, 0.4) is 0 Å². The summed E-state index contributed by atoms with van der Waals surface area (Å²) in [6, 6.07) is 6.42. The van der Waals surface area contributed by atoms with E-state index >= 15 is 0 Å². The molecule has 0 amide bonds. The number of aliphatic hydroxyl groups is 1. The monoisotopic (exact) mass is 242 g/mol. The minimum Gasteiger partial charge on any atom is -0.395 e. The zero-order chi connectivity index (χ0) is 12.8. The largest absolute Gasteiger partial charge is 0.395 e. The molecule has 1 aliphatic rings. The molecule has 0 radical (unpaired) electrons. The number of aromatic nitrogens is 2. The molecule has 3 rings (SSSR count). The maximum atomic E-state index is 9.43. The van der Waals surface area contributed by atoms with E-state index in [0.29, 0.717) is 0 Å². The van der Waals surface area contributed by atoms with E-state index in [9.17, 15) is 5.11 Å². The molecule has 2 N–H and O–H groups in total. The molecule has 0 unspecified atom stereocenters. The number of aromatic amines is 1. The van der Waals surface area contributed by atoms with Crippen molar-refractivity contribution in [2.24, 2.45) is 0 Å². The van der Waals surface area contributed by atoms with E-state index in [1.165, 1.54) is 16.7 Å². The Bertz CT molecular complexity index is 582. The average Bonchev–Trinajstić information content (AvgIpc) is 3.02. The van der Waals surface area contributed by atoms with Gasteiger partial charge in [-0.3, -0.25) is 0 Å². The smallest absolute Gasteiger partial charge is 0.115 e. The number of aliphatic hydroxyl groups excluding tert-OH is 1. The molecule has 94 valence electrons. The van der Waals surface area contributed by atoms with Crippen molar-refractivity contribution in [3.63, 3.8) is 0 Å². The number of aryl methyl sites for hydroxylation is 2. The molecular weight excluding hydrogens is 224 g/mol. The molecule has 0 spiro atoms. The van der Waals surface area contributed by atoms with Crippen molar-refractivity contribution < 1.29 is 5.11 Å². The van der Waals surface area contributed by atoms with Crippen LogP contribution in [0.1, 0.15) is 29.8 Å². The number of hydrogen-bond donors (Lipinski definition) is 2. The highest BCUT2D eigenvalue weighted by atomic mass is 16.3. The molecule has 3 nitrogen and oxygen atoms in total. The minimum atomic E-state index is -0.0873. The Kier molecular flexibility index (Phi) is 2.52. The Labute approximate surface area is 107 Å². The maximum absolute atomic E-state index is 9.43. The van der Waals surface area contributed by atoms with E-state index in [2.05, 4.69) is 42.0 Å². The third kappa shape index (κ3) is 1.75. The Balaban J connectivity index is 2.00. The molecule has 3 heteroatoms. The molecular formula is C15H18N2O. The van der Waals surface area contributed by atoms with Crippen LogP contribution in [0.2, 0.25) is 0 Å². The predicted molar refractivity (Wildman–Crippen MR) is 71.5 cm³/mol. The third-order valence-corrected chi connectivity index (χ3v) is 3.92. The Morgan fingerprint density at radius 1 is 1.33 bits per heavy atom. The normalized spacial score (nSPS) is 16.8. The minimum absolute atomic E-state index is 0.0873. The van der Waals surface area contributed by atoms with Gasteiger partial charge in [0.25, 0.3) is 0 Å². The zero-order valence-electron chi connectivity index (χ0n) is 10.8. The number of imidazole rings is 1. The van der Waals surface area contributed by atoms with E-state index in [-0.39, 0.29) is 12.0 Å². The van der Waals surface area contributed by atoms with Gasteiger partial charge in [-0.1, -0.05) is 17.7 Å². The predicted octanol–water partition coefficient (Wildman–Crippen LogP) is 2.72. The summed E-state index contributed by atoms with van der Waals surface area (Å²) in [6.45, 7) is 4.39. The molecule has 1 aromatic heterocycles. The van der Waals surface area contributed by atoms with Crippen molar-refractivity contribution in [3.05, 3.63) is 41.3 Å². The van der Waals surface area contributed by atoms with Crippen LogP contribution in [0.4, 0.5) is 0 Å². The zero-order valence-corrected chi connectivity index (χ0v) is 10.8. The standard InChI is InChI=1S/C15H18N2O/c1-10-3-4-11(2)12(7-10)13-8-16-14(17-13)15(9-18)5-6-15/h3-4,7-8,18H,5-6,9H2,1-2H3,(H,16,17). The molecule has 1 heterocycles. The fourth-order valence-electron chi connectivity index (χ4n) is 2.37. The van der Waals surface area contributed by atoms with Gasteiger partial charge >= 0.3 is 0 Å². The molecule has 1 saturated carbocycles. The number of H-pyrrole nitrogens is 1. The first-order valence-electron chi connectivity index (χ1n) is 6.39. The van der Waals surface area contributed by atoms with Crippen molar-refractivity contribution in [1.29, 1.82) is 0 Å². The summed E-state index contributed by atoms with van der Waals surface area (Å²) in [5.74, 6) is 0.931. The molecule has 2 aromatic rings. The quantitative estimate of drug-likeness (QED) is 0.869. The Morgan fingerprint density at radius 3 is 2.78 bits per heavy atom. The maximum Gasteiger partial charge on any atom is 0.115 e. The molecule has 0 saturated heterocycles. The van der Waals surface area contributed by atoms with Gasteiger partial charge < -0.3 is 10.1 Å². The van der Waals surface area contributed by atoms with Crippen LogP contribution >= 0.6 is 0 Å². The van der Waals surface area contributed by atoms with Crippen LogP contribution in [0.5, 0.6) is 0 Å². The van der Waals surface area contributed by atoms with Crippen molar-refractivity contribution in [3.8, 4) is 11.3 Å². The van der Waals surface area contributed by atoms with E-state index in [1.54, 1.807) is 0 Å². The van der Waals surface area contributed by atoms with Crippen molar-refractivity contribution in [1.82, 2.24) is 9.97 Å². The number of rotatable bonds is 3. The van der Waals surface area contributed by atoms with Gasteiger partial charge in [0.2, 0.25) is 0 Å². The van der Waals surface area contributed by atoms with Crippen LogP contribution in [-0.4, -0.2) is 21.7 Å². The van der Waals surface area contributed by atoms with Gasteiger partial charge in [0.1, 0.15) is 5.82 Å². The molecule has 0 atom stereocenters. The highest BCUT2D eigenvalue weighted by molar-refractivity contribution is 5.64. The molecule has 1 fully saturated rings. The van der Waals surface area contributed by atoms with Crippen molar-refractivity contribution in [2.75, 3.05) is 6.61 Å². The average molecular weight is 242 g/mol. The van der Waals surface area contributed by atoms with Gasteiger partial charge in [-0.25, -0.2) is 4.98 Å². The summed E-state index contributed by atoms with van der Waals surface area (Å²) >= 11 is 0. The summed E-state index contributed by atoms with van der Waals surface area (Å²) in [5.41, 5.74) is 4.64. The first kappa shape index (κ1) is 11.5. The van der Waals surface area contributed by atoms with Gasteiger partial charge in [-0.2, -0.15) is 0 Å². The van der Waals surface area contributed by atoms with Crippen LogP contribution < -0.4 is 0 Å². The van der Waals surface area contributed by atoms with E-state index in [1.807, 2.05) is 6.20 Å². The lowest BCUT2D eigenvalue weighted by atomic mass is 10.0. The van der Waals surface area contributed by atoms with Gasteiger partial charge in [0, 0.05) is 5.56 Å². The number of nitrogens with one attached hydrogen (secondary N) is 1. The fraction of sp³-hybridized carbons (Fsp3) is 0.400. The summed E-state index contributed by atoms with van der Waals surface area (Å²) in [4.78, 5) is 7.83. The van der Waals surface area contributed by atoms with Gasteiger partial charge in [0.15, 0.2) is 0 Å².